The van der Waals surface area contributed by atoms with Crippen LogP contribution >= 0.6 is 23.2 Å². The lowest BCUT2D eigenvalue weighted by molar-refractivity contribution is 0.0676. The number of halogens is 3. The Balaban J connectivity index is 1.25. The molecule has 1 amide bonds. The number of carbonyl (C=O) groups excluding carboxylic acids is 1. The van der Waals surface area contributed by atoms with Gasteiger partial charge >= 0.3 is 0 Å². The van der Waals surface area contributed by atoms with Gasteiger partial charge in [-0.3, -0.25) is 4.79 Å². The molecule has 1 aromatic carbocycles. The summed E-state index contributed by atoms with van der Waals surface area (Å²) < 4.78 is 16.7. The number of likely N-dealkylation sites (tertiary alicyclic amines) is 1. The molecule has 252 valence electrons. The molecule has 9 nitrogen and oxygen atoms in total. The largest absolute Gasteiger partial charge is 0.351 e. The Morgan fingerprint density at radius 2 is 1.71 bits per heavy atom. The zero-order valence-electron chi connectivity index (χ0n) is 27.0. The van der Waals surface area contributed by atoms with Crippen molar-refractivity contribution in [2.75, 3.05) is 31.5 Å². The van der Waals surface area contributed by atoms with E-state index in [1.807, 2.05) is 30.5 Å². The van der Waals surface area contributed by atoms with Crippen molar-refractivity contribution in [3.05, 3.63) is 76.2 Å². The first-order valence-corrected chi connectivity index (χ1v) is 18.0. The topological polar surface area (TPSA) is 101 Å². The summed E-state index contributed by atoms with van der Waals surface area (Å²) in [5.74, 6) is 1.20. The Kier molecular flexibility index (Phi) is 10.2. The number of rotatable bonds is 8. The Labute approximate surface area is 290 Å². The summed E-state index contributed by atoms with van der Waals surface area (Å²) in [5.41, 5.74) is 3.47. The minimum absolute atomic E-state index is 0.0220. The summed E-state index contributed by atoms with van der Waals surface area (Å²) in [6.07, 6.45) is 12.7. The number of hydrogen-bond donors (Lipinski definition) is 2. The van der Waals surface area contributed by atoms with E-state index in [1.54, 1.807) is 11.0 Å². The molecule has 48 heavy (non-hydrogen) atoms. The normalized spacial score (nSPS) is 18.3. The molecule has 0 spiro atoms. The second-order valence-electron chi connectivity index (χ2n) is 13.3. The molecule has 3 aromatic heterocycles. The number of nitrogens with zero attached hydrogens (tertiary/aromatic N) is 6. The van der Waals surface area contributed by atoms with E-state index >= 15 is 0 Å². The van der Waals surface area contributed by atoms with Crippen molar-refractivity contribution >= 4 is 35.1 Å². The van der Waals surface area contributed by atoms with Crippen LogP contribution in [0.1, 0.15) is 79.9 Å². The molecule has 12 heteroatoms. The molecule has 2 aliphatic heterocycles. The number of hydrogen-bond acceptors (Lipinski definition) is 7. The number of amides is 1. The van der Waals surface area contributed by atoms with E-state index in [0.717, 1.165) is 86.6 Å². The maximum absolute atomic E-state index is 14.3. The third-order valence-corrected chi connectivity index (χ3v) is 10.8. The van der Waals surface area contributed by atoms with Crippen molar-refractivity contribution in [1.29, 1.82) is 0 Å². The first kappa shape index (κ1) is 32.9. The third kappa shape index (κ3) is 7.21. The van der Waals surface area contributed by atoms with Gasteiger partial charge in [-0.15, -0.1) is 0 Å². The van der Waals surface area contributed by atoms with Crippen molar-refractivity contribution in [3.63, 3.8) is 0 Å². The number of nitrogens with one attached hydrogen (secondary N) is 2. The first-order chi connectivity index (χ1) is 23.4. The highest BCUT2D eigenvalue weighted by Gasteiger charge is 2.31. The Bertz CT molecular complexity index is 1750. The van der Waals surface area contributed by atoms with Crippen LogP contribution in [0.3, 0.4) is 0 Å². The quantitative estimate of drug-likeness (QED) is 0.184. The van der Waals surface area contributed by atoms with Crippen LogP contribution in [0.2, 0.25) is 10.0 Å². The lowest BCUT2D eigenvalue weighted by atomic mass is 9.94. The lowest BCUT2D eigenvalue weighted by Gasteiger charge is -2.33. The van der Waals surface area contributed by atoms with E-state index in [2.05, 4.69) is 25.2 Å². The molecule has 2 N–H and O–H groups in total. The molecule has 0 atom stereocenters. The summed E-state index contributed by atoms with van der Waals surface area (Å²) in [5, 5.41) is 8.07. The lowest BCUT2D eigenvalue weighted by Crippen LogP contribution is -2.40. The van der Waals surface area contributed by atoms with Crippen molar-refractivity contribution in [2.24, 2.45) is 5.92 Å². The maximum Gasteiger partial charge on any atom is 0.258 e. The van der Waals surface area contributed by atoms with E-state index in [1.165, 1.54) is 31.5 Å². The van der Waals surface area contributed by atoms with Gasteiger partial charge in [0.15, 0.2) is 0 Å². The molecule has 3 fully saturated rings. The number of aromatic nitrogens is 5. The van der Waals surface area contributed by atoms with Crippen LogP contribution in [-0.4, -0.2) is 67.5 Å². The average molecular weight is 692 g/mol. The molecule has 1 aliphatic carbocycles. The van der Waals surface area contributed by atoms with Crippen LogP contribution in [0.15, 0.2) is 48.8 Å². The molecule has 0 unspecified atom stereocenters. The second kappa shape index (κ2) is 14.9. The van der Waals surface area contributed by atoms with E-state index < -0.39 is 5.95 Å². The van der Waals surface area contributed by atoms with E-state index in [0.29, 0.717) is 35.1 Å². The second-order valence-corrected chi connectivity index (χ2v) is 14.1. The van der Waals surface area contributed by atoms with Crippen LogP contribution in [0.5, 0.6) is 0 Å². The van der Waals surface area contributed by atoms with Gasteiger partial charge in [0, 0.05) is 49.6 Å². The maximum atomic E-state index is 14.3. The molecule has 1 saturated carbocycles. The molecule has 0 radical (unpaired) electrons. The standard InChI is InChI=1S/C36H41Cl2FN8O/c37-28-9-8-25(21-29(28)38)31-32(30-12-18-42-36(44-30)43-26-5-2-1-3-6-26)47(34(45-31)24-10-16-40-17-11-24)22-23-13-19-46(20-14-23)35(48)27-7-4-15-41-33(27)39/h4,7-9,12,15,18,21,23-24,26,40H,1-3,5-6,10-11,13-14,16-17,19-20,22H2,(H,42,43,44). The van der Waals surface area contributed by atoms with Gasteiger partial charge in [-0.05, 0) is 87.9 Å². The minimum atomic E-state index is -0.726. The highest BCUT2D eigenvalue weighted by molar-refractivity contribution is 6.42. The van der Waals surface area contributed by atoms with E-state index in [-0.39, 0.29) is 23.3 Å². The number of anilines is 1. The molecule has 5 heterocycles. The zero-order valence-corrected chi connectivity index (χ0v) is 28.5. The van der Waals surface area contributed by atoms with Crippen molar-refractivity contribution < 1.29 is 9.18 Å². The highest BCUT2D eigenvalue weighted by Crippen LogP contribution is 2.40. The highest BCUT2D eigenvalue weighted by atomic mass is 35.5. The predicted octanol–water partition coefficient (Wildman–Crippen LogP) is 7.61. The van der Waals surface area contributed by atoms with Crippen LogP contribution in [0.25, 0.3) is 22.6 Å². The van der Waals surface area contributed by atoms with Crippen molar-refractivity contribution in [3.8, 4) is 22.6 Å². The van der Waals surface area contributed by atoms with Gasteiger partial charge in [0.25, 0.3) is 5.91 Å². The minimum Gasteiger partial charge on any atom is -0.351 e. The summed E-state index contributed by atoms with van der Waals surface area (Å²) in [4.78, 5) is 33.7. The molecule has 4 aromatic rings. The van der Waals surface area contributed by atoms with Crippen molar-refractivity contribution in [2.45, 2.75) is 76.3 Å². The van der Waals surface area contributed by atoms with Crippen LogP contribution in [0, 0.1) is 11.9 Å². The van der Waals surface area contributed by atoms with Gasteiger partial charge < -0.3 is 20.1 Å². The van der Waals surface area contributed by atoms with E-state index in [4.69, 9.17) is 33.2 Å². The van der Waals surface area contributed by atoms with Crippen molar-refractivity contribution in [1.82, 2.24) is 34.7 Å². The van der Waals surface area contributed by atoms with Gasteiger partial charge in [-0.25, -0.2) is 19.9 Å². The Hall–Kier alpha value is -3.60. The molecule has 0 bridgehead atoms. The van der Waals surface area contributed by atoms with Gasteiger partial charge in [-0.1, -0.05) is 48.5 Å². The first-order valence-electron chi connectivity index (χ1n) is 17.2. The third-order valence-electron chi connectivity index (χ3n) is 10.1. The SMILES string of the molecule is O=C(c1cccnc1F)N1CCC(Cn2c(C3CCNCC3)nc(-c3ccc(Cl)c(Cl)c3)c2-c2ccnc(NC3CCCCC3)n2)CC1. The van der Waals surface area contributed by atoms with Gasteiger partial charge in [-0.2, -0.15) is 4.39 Å². The number of pyridine rings is 1. The molecule has 7 rings (SSSR count). The Morgan fingerprint density at radius 3 is 2.46 bits per heavy atom. The smallest absolute Gasteiger partial charge is 0.258 e. The van der Waals surface area contributed by atoms with Gasteiger partial charge in [0.05, 0.1) is 32.7 Å². The zero-order chi connectivity index (χ0) is 33.0. The van der Waals surface area contributed by atoms with Crippen LogP contribution in [-0.2, 0) is 6.54 Å². The average Bonchev–Trinajstić information content (AvgIpc) is 3.49. The molecule has 3 aliphatic rings. The fraction of sp³-hybridized carbons (Fsp3) is 0.472. The van der Waals surface area contributed by atoms with Crippen LogP contribution < -0.4 is 10.6 Å². The number of piperidine rings is 2. The molecular weight excluding hydrogens is 650 g/mol. The number of benzene rings is 1. The summed E-state index contributed by atoms with van der Waals surface area (Å²) in [6.45, 7) is 3.69. The Morgan fingerprint density at radius 1 is 0.917 bits per heavy atom. The fourth-order valence-corrected chi connectivity index (χ4v) is 7.73. The van der Waals surface area contributed by atoms with E-state index in [9.17, 15) is 9.18 Å². The van der Waals surface area contributed by atoms with Gasteiger partial charge in [0.2, 0.25) is 11.9 Å². The summed E-state index contributed by atoms with van der Waals surface area (Å²) >= 11 is 12.9. The monoisotopic (exact) mass is 690 g/mol. The fourth-order valence-electron chi connectivity index (χ4n) is 7.43. The summed E-state index contributed by atoms with van der Waals surface area (Å²) in [6, 6.07) is 11.1. The number of imidazole rings is 1. The summed E-state index contributed by atoms with van der Waals surface area (Å²) in [7, 11) is 0. The number of carbonyl (C=O) groups is 1. The molecular formula is C36H41Cl2FN8O. The predicted molar refractivity (Wildman–Crippen MR) is 187 cm³/mol. The molecule has 2 saturated heterocycles. The van der Waals surface area contributed by atoms with Crippen LogP contribution in [0.4, 0.5) is 10.3 Å². The van der Waals surface area contributed by atoms with Gasteiger partial charge in [0.1, 0.15) is 5.82 Å².